The summed E-state index contributed by atoms with van der Waals surface area (Å²) in [6.45, 7) is 2.64. The Kier molecular flexibility index (Phi) is 3.93. The number of carbonyl (C=O) groups is 1. The van der Waals surface area contributed by atoms with Crippen molar-refractivity contribution in [3.8, 4) is 28.1 Å². The molecule has 0 atom stereocenters. The van der Waals surface area contributed by atoms with Crippen molar-refractivity contribution in [2.24, 2.45) is 0 Å². The topological polar surface area (TPSA) is 58.2 Å². The quantitative estimate of drug-likeness (QED) is 0.769. The molecule has 0 radical (unpaired) electrons. The van der Waals surface area contributed by atoms with Gasteiger partial charge in [-0.1, -0.05) is 29.8 Å². The lowest BCUT2D eigenvalue weighted by atomic mass is 10.0. The van der Waals surface area contributed by atoms with Crippen molar-refractivity contribution >= 4 is 23.2 Å². The predicted octanol–water partition coefficient (Wildman–Crippen LogP) is 4.14. The van der Waals surface area contributed by atoms with Gasteiger partial charge in [0.15, 0.2) is 6.61 Å². The molecule has 0 spiro atoms. The number of halogens is 1. The number of anilines is 1. The Morgan fingerprint density at radius 2 is 2.12 bits per heavy atom. The number of H-pyrrole nitrogens is 1. The molecule has 0 saturated carbocycles. The van der Waals surface area contributed by atoms with Crippen molar-refractivity contribution in [2.45, 2.75) is 6.92 Å². The van der Waals surface area contributed by atoms with Crippen LogP contribution in [0.1, 0.15) is 6.92 Å². The summed E-state index contributed by atoms with van der Waals surface area (Å²) < 4.78 is 5.54. The number of nitrogens with one attached hydrogen (secondary N) is 1. The van der Waals surface area contributed by atoms with Gasteiger partial charge in [-0.15, -0.1) is 0 Å². The smallest absolute Gasteiger partial charge is 0.265 e. The summed E-state index contributed by atoms with van der Waals surface area (Å²) in [5.41, 5.74) is 4.43. The molecule has 1 aromatic heterocycles. The number of hydrogen-bond acceptors (Lipinski definition) is 3. The fourth-order valence-corrected chi connectivity index (χ4v) is 3.27. The third-order valence-electron chi connectivity index (χ3n) is 4.27. The number of amides is 1. The van der Waals surface area contributed by atoms with Gasteiger partial charge in [0, 0.05) is 28.9 Å². The van der Waals surface area contributed by atoms with E-state index in [1.165, 1.54) is 0 Å². The Labute approximate surface area is 150 Å². The monoisotopic (exact) mass is 353 g/mol. The molecule has 5 nitrogen and oxygen atoms in total. The average molecular weight is 354 g/mol. The molecule has 1 aliphatic heterocycles. The van der Waals surface area contributed by atoms with Crippen LogP contribution in [0.3, 0.4) is 0 Å². The van der Waals surface area contributed by atoms with E-state index in [0.29, 0.717) is 11.6 Å². The van der Waals surface area contributed by atoms with Gasteiger partial charge < -0.3 is 9.64 Å². The molecule has 0 aliphatic carbocycles. The second-order valence-electron chi connectivity index (χ2n) is 5.77. The fraction of sp³-hybridized carbons (Fsp3) is 0.158. The molecular weight excluding hydrogens is 338 g/mol. The first kappa shape index (κ1) is 15.7. The van der Waals surface area contributed by atoms with Crippen LogP contribution in [0.2, 0.25) is 5.02 Å². The first-order chi connectivity index (χ1) is 12.2. The summed E-state index contributed by atoms with van der Waals surface area (Å²) in [4.78, 5) is 13.8. The Balaban J connectivity index is 1.81. The fourth-order valence-electron chi connectivity index (χ4n) is 3.08. The average Bonchev–Trinajstić information content (AvgIpc) is 3.11. The van der Waals surface area contributed by atoms with Gasteiger partial charge in [0.25, 0.3) is 5.91 Å². The molecule has 0 saturated heterocycles. The van der Waals surface area contributed by atoms with Crippen molar-refractivity contribution in [1.29, 1.82) is 0 Å². The number of fused-ring (bicyclic) bond motifs is 1. The number of nitrogens with zero attached hydrogens (tertiary/aromatic N) is 2. The predicted molar refractivity (Wildman–Crippen MR) is 98.0 cm³/mol. The molecular formula is C19H16ClN3O2. The minimum atomic E-state index is -0.0330. The van der Waals surface area contributed by atoms with E-state index >= 15 is 0 Å². The number of likely N-dealkylation sites (N-methyl/N-ethyl adjacent to an activating group) is 1. The van der Waals surface area contributed by atoms with E-state index in [4.69, 9.17) is 16.3 Å². The molecule has 6 heteroatoms. The van der Waals surface area contributed by atoms with Crippen molar-refractivity contribution in [3.05, 3.63) is 53.7 Å². The summed E-state index contributed by atoms with van der Waals surface area (Å²) in [6.07, 6.45) is 1.85. The van der Waals surface area contributed by atoms with Crippen molar-refractivity contribution in [2.75, 3.05) is 18.1 Å². The van der Waals surface area contributed by atoms with Crippen molar-refractivity contribution in [1.82, 2.24) is 10.2 Å². The largest absolute Gasteiger partial charge is 0.482 e. The van der Waals surface area contributed by atoms with Crippen LogP contribution >= 0.6 is 11.6 Å². The van der Waals surface area contributed by atoms with Crippen molar-refractivity contribution in [3.63, 3.8) is 0 Å². The number of aromatic amines is 1. The normalized spacial score (nSPS) is 13.5. The summed E-state index contributed by atoms with van der Waals surface area (Å²) in [5.74, 6) is 0.687. The summed E-state index contributed by atoms with van der Waals surface area (Å²) in [6, 6.07) is 13.4. The molecule has 0 fully saturated rings. The van der Waals surface area contributed by atoms with E-state index in [1.54, 1.807) is 4.90 Å². The zero-order valence-electron chi connectivity index (χ0n) is 13.6. The lowest BCUT2D eigenvalue weighted by Crippen LogP contribution is -2.38. The SMILES string of the molecule is CCN1C(=O)COc2ccc(-c3c[nH]nc3-c3cccc(Cl)c3)cc21. The maximum absolute atomic E-state index is 12.1. The molecule has 2 aromatic carbocycles. The van der Waals surface area contributed by atoms with Gasteiger partial charge in [-0.25, -0.2) is 0 Å². The van der Waals surface area contributed by atoms with Crippen LogP contribution in [-0.4, -0.2) is 29.3 Å². The Hall–Kier alpha value is -2.79. The molecule has 25 heavy (non-hydrogen) atoms. The zero-order valence-corrected chi connectivity index (χ0v) is 14.4. The molecule has 2 heterocycles. The maximum Gasteiger partial charge on any atom is 0.265 e. The highest BCUT2D eigenvalue weighted by molar-refractivity contribution is 6.30. The second-order valence-corrected chi connectivity index (χ2v) is 6.20. The zero-order chi connectivity index (χ0) is 17.4. The lowest BCUT2D eigenvalue weighted by molar-refractivity contribution is -0.121. The molecule has 4 rings (SSSR count). The van der Waals surface area contributed by atoms with Gasteiger partial charge in [0.2, 0.25) is 0 Å². The Morgan fingerprint density at radius 1 is 1.24 bits per heavy atom. The number of carbonyl (C=O) groups excluding carboxylic acids is 1. The van der Waals surface area contributed by atoms with Crippen LogP contribution in [0.5, 0.6) is 5.75 Å². The van der Waals surface area contributed by atoms with Crippen LogP contribution in [0, 0.1) is 0 Å². The van der Waals surface area contributed by atoms with Crippen LogP contribution in [-0.2, 0) is 4.79 Å². The van der Waals surface area contributed by atoms with E-state index in [9.17, 15) is 4.79 Å². The molecule has 0 bridgehead atoms. The van der Waals surface area contributed by atoms with Gasteiger partial charge >= 0.3 is 0 Å². The number of rotatable bonds is 3. The van der Waals surface area contributed by atoms with Crippen LogP contribution in [0.15, 0.2) is 48.7 Å². The summed E-state index contributed by atoms with van der Waals surface area (Å²) in [7, 11) is 0. The van der Waals surface area contributed by atoms with E-state index in [0.717, 1.165) is 33.8 Å². The first-order valence-electron chi connectivity index (χ1n) is 8.04. The number of ether oxygens (including phenoxy) is 1. The highest BCUT2D eigenvalue weighted by atomic mass is 35.5. The van der Waals surface area contributed by atoms with Gasteiger partial charge in [-0.05, 0) is 36.8 Å². The lowest BCUT2D eigenvalue weighted by Gasteiger charge is -2.28. The molecule has 3 aromatic rings. The van der Waals surface area contributed by atoms with E-state index in [-0.39, 0.29) is 12.5 Å². The van der Waals surface area contributed by atoms with Crippen LogP contribution in [0.25, 0.3) is 22.4 Å². The molecule has 1 N–H and O–H groups in total. The van der Waals surface area contributed by atoms with Crippen molar-refractivity contribution < 1.29 is 9.53 Å². The highest BCUT2D eigenvalue weighted by Crippen LogP contribution is 2.38. The maximum atomic E-state index is 12.1. The highest BCUT2D eigenvalue weighted by Gasteiger charge is 2.25. The third kappa shape index (κ3) is 2.76. The van der Waals surface area contributed by atoms with Gasteiger partial charge in [-0.2, -0.15) is 5.10 Å². The van der Waals surface area contributed by atoms with E-state index in [1.807, 2.05) is 55.6 Å². The van der Waals surface area contributed by atoms with Gasteiger partial charge in [0.05, 0.1) is 11.4 Å². The molecule has 0 unspecified atom stereocenters. The third-order valence-corrected chi connectivity index (χ3v) is 4.50. The Morgan fingerprint density at radius 3 is 2.92 bits per heavy atom. The standard InChI is InChI=1S/C19H16ClN3O2/c1-2-23-16-9-12(6-7-17(16)25-11-18(23)24)15-10-21-22-19(15)13-4-3-5-14(20)8-13/h3-10H,2,11H2,1H3,(H,21,22). The van der Waals surface area contributed by atoms with E-state index < -0.39 is 0 Å². The molecule has 1 amide bonds. The van der Waals surface area contributed by atoms with Crippen LogP contribution in [0.4, 0.5) is 5.69 Å². The first-order valence-corrected chi connectivity index (χ1v) is 8.42. The minimum absolute atomic E-state index is 0.0330. The molecule has 1 aliphatic rings. The Bertz CT molecular complexity index is 951. The second kappa shape index (κ2) is 6.26. The minimum Gasteiger partial charge on any atom is -0.482 e. The van der Waals surface area contributed by atoms with Gasteiger partial charge in [-0.3, -0.25) is 9.89 Å². The van der Waals surface area contributed by atoms with Gasteiger partial charge in [0.1, 0.15) is 5.75 Å². The van der Waals surface area contributed by atoms with E-state index in [2.05, 4.69) is 10.2 Å². The number of aromatic nitrogens is 2. The molecule has 126 valence electrons. The van der Waals surface area contributed by atoms with Crippen LogP contribution < -0.4 is 9.64 Å². The summed E-state index contributed by atoms with van der Waals surface area (Å²) >= 11 is 6.11. The summed E-state index contributed by atoms with van der Waals surface area (Å²) in [5, 5.41) is 7.96. The number of benzene rings is 2. The number of hydrogen-bond donors (Lipinski definition) is 1.